The van der Waals surface area contributed by atoms with Gasteiger partial charge in [-0.1, -0.05) is 356 Å². The van der Waals surface area contributed by atoms with Crippen LogP contribution in [-0.2, 0) is 10.8 Å². The fourth-order valence-electron chi connectivity index (χ4n) is 22.4. The summed E-state index contributed by atoms with van der Waals surface area (Å²) in [6, 6.07) is 152. The average molecular weight is 1770 g/mol. The average Bonchev–Trinajstić information content (AvgIpc) is 1.62. The standard InChI is InChI=1S/C61H37FN4.C31H20FN.C30H18BrN3/c62-51-25-11-13-27-55(51)66(56-28-14-24-50-59(56)44-20-7-10-23-49(44)61(50)47-21-8-5-18-42(47)43-19-6-9-22-48(43)61)54-36-32-39-29-33-45-53(35-31-38-30-34-46(54)58(39)57(38)45)65(41-16-2-1-3-17-41)60-63-37-40-15-4-12-26-52(40)64-60;32-27-17-7-8-18-28(27)33-29-19-9-16-26-30(29)22-12-3-6-15-25(22)31(26)23-13-4-1-10-20(23)21-11-2-5-14-24(21)31;31-25-16-12-19-11-15-24-27(17-13-20-10-14-23(25)28(19)29(20)24)34(22-7-2-1-3-8-22)30-32-18-21-6-4-5-9-26(21)33-30/h1-37H;1-19,33H;1-18H. The third-order valence-electron chi connectivity index (χ3n) is 27.8. The van der Waals surface area contributed by atoms with Gasteiger partial charge in [0.05, 0.1) is 56.0 Å². The van der Waals surface area contributed by atoms with Crippen LogP contribution in [-0.4, -0.2) is 19.9 Å². The van der Waals surface area contributed by atoms with E-state index in [1.807, 2.05) is 109 Å². The first-order valence-corrected chi connectivity index (χ1v) is 45.7. The molecule has 4 aliphatic rings. The predicted molar refractivity (Wildman–Crippen MR) is 547 cm³/mol. The highest BCUT2D eigenvalue weighted by Gasteiger charge is 2.54. The second-order valence-electron chi connectivity index (χ2n) is 34.5. The smallest absolute Gasteiger partial charge is 0.235 e. The predicted octanol–water partition coefficient (Wildman–Crippen LogP) is 32.6. The Morgan fingerprint density at radius 1 is 0.233 bits per heavy atom. The number of rotatable bonds is 11. The van der Waals surface area contributed by atoms with Crippen molar-refractivity contribution in [1.82, 2.24) is 19.9 Å². The minimum Gasteiger partial charge on any atom is -0.353 e. The molecule has 11 heteroatoms. The SMILES string of the molecule is Brc1ccc2ccc3c(N(c4ccccc4)c4ncc5ccccc5n4)ccc4ccc1c2c43.Fc1ccccc1N(c1cccc2c1-c1ccccc1C21c2ccccc2-c2ccccc21)c1ccc2ccc3c(N(c4ccccc4)c4ncc5ccccc5n4)ccc4ccc1c2c43.Fc1ccccc1Nc1cccc2c1-c1ccccc1C21c2ccccc2-c2ccccc21. The van der Waals surface area contributed by atoms with Crippen LogP contribution in [0.25, 0.3) is 131 Å². The molecule has 28 rings (SSSR count). The van der Waals surface area contributed by atoms with Gasteiger partial charge in [0.25, 0.3) is 0 Å². The van der Waals surface area contributed by atoms with Gasteiger partial charge in [0.1, 0.15) is 11.6 Å². The monoisotopic (exact) mass is 1770 g/mol. The normalized spacial score (nSPS) is 12.9. The maximum Gasteiger partial charge on any atom is 0.235 e. The van der Waals surface area contributed by atoms with E-state index >= 15 is 4.39 Å². The van der Waals surface area contributed by atoms with Gasteiger partial charge in [0.2, 0.25) is 11.9 Å². The van der Waals surface area contributed by atoms with Crippen LogP contribution in [0.15, 0.2) is 454 Å². The molecule has 4 aliphatic carbocycles. The van der Waals surface area contributed by atoms with E-state index < -0.39 is 5.41 Å². The molecule has 0 atom stereocenters. The number of hydrogen-bond donors (Lipinski definition) is 1. The summed E-state index contributed by atoms with van der Waals surface area (Å²) < 4.78 is 32.5. The fraction of sp³-hybridized carbons (Fsp3) is 0.0164. The Kier molecular flexibility index (Phi) is 17.8. The summed E-state index contributed by atoms with van der Waals surface area (Å²) in [5.41, 5.74) is 28.3. The first kappa shape index (κ1) is 77.3. The molecule has 624 valence electrons. The molecule has 0 fully saturated rings. The van der Waals surface area contributed by atoms with Gasteiger partial charge < -0.3 is 10.2 Å². The van der Waals surface area contributed by atoms with Crippen molar-refractivity contribution < 1.29 is 8.78 Å². The Hall–Kier alpha value is -16.9. The molecule has 2 aromatic heterocycles. The van der Waals surface area contributed by atoms with E-state index in [4.69, 9.17) is 19.9 Å². The van der Waals surface area contributed by atoms with Crippen LogP contribution in [0.4, 0.5) is 71.9 Å². The largest absolute Gasteiger partial charge is 0.353 e. The number of aromatic nitrogens is 4. The van der Waals surface area contributed by atoms with E-state index in [0.29, 0.717) is 23.3 Å². The molecular weight excluding hydrogens is 1700 g/mol. The lowest BCUT2D eigenvalue weighted by atomic mass is 9.70. The summed E-state index contributed by atoms with van der Waals surface area (Å²) in [4.78, 5) is 26.3. The van der Waals surface area contributed by atoms with Gasteiger partial charge in [-0.3, -0.25) is 9.80 Å². The summed E-state index contributed by atoms with van der Waals surface area (Å²) in [5, 5.41) is 19.3. The molecule has 133 heavy (non-hydrogen) atoms. The Morgan fingerprint density at radius 3 is 1.04 bits per heavy atom. The second kappa shape index (κ2) is 30.7. The van der Waals surface area contributed by atoms with Gasteiger partial charge in [0, 0.05) is 72.0 Å². The van der Waals surface area contributed by atoms with Crippen molar-refractivity contribution in [3.63, 3.8) is 0 Å². The lowest BCUT2D eigenvalue weighted by Crippen LogP contribution is -2.26. The molecule has 1 N–H and O–H groups in total. The fourth-order valence-corrected chi connectivity index (χ4v) is 22.9. The third kappa shape index (κ3) is 11.7. The Balaban J connectivity index is 0.000000115. The highest BCUT2D eigenvalue weighted by atomic mass is 79.9. The Bertz CT molecular complexity index is 8780. The molecule has 0 radical (unpaired) electrons. The lowest BCUT2D eigenvalue weighted by Gasteiger charge is -2.32. The molecule has 22 aromatic carbocycles. The third-order valence-corrected chi connectivity index (χ3v) is 28.5. The first-order chi connectivity index (χ1) is 65.8. The van der Waals surface area contributed by atoms with E-state index in [1.54, 1.807) is 24.3 Å². The maximum atomic E-state index is 16.8. The molecule has 0 saturated carbocycles. The number of hydrogen-bond acceptors (Lipinski definition) is 8. The maximum absolute atomic E-state index is 16.8. The Labute approximate surface area is 773 Å². The van der Waals surface area contributed by atoms with Gasteiger partial charge in [-0.2, -0.15) is 0 Å². The second-order valence-corrected chi connectivity index (χ2v) is 35.4. The number of nitrogens with one attached hydrogen (secondary N) is 1. The quantitative estimate of drug-likeness (QED) is 0.128. The molecule has 0 amide bonds. The summed E-state index contributed by atoms with van der Waals surface area (Å²) in [5.74, 6) is 0.688. The topological polar surface area (TPSA) is 73.3 Å². The number of benzene rings is 22. The minimum atomic E-state index is -0.547. The molecule has 0 bridgehead atoms. The van der Waals surface area contributed by atoms with E-state index in [0.717, 1.165) is 115 Å². The van der Waals surface area contributed by atoms with Gasteiger partial charge >= 0.3 is 0 Å². The van der Waals surface area contributed by atoms with Crippen molar-refractivity contribution in [3.8, 4) is 44.5 Å². The zero-order chi connectivity index (χ0) is 88.2. The van der Waals surface area contributed by atoms with E-state index in [1.165, 1.54) is 111 Å². The van der Waals surface area contributed by atoms with Crippen LogP contribution in [0.3, 0.4) is 0 Å². The molecule has 0 aliphatic heterocycles. The summed E-state index contributed by atoms with van der Waals surface area (Å²) in [7, 11) is 0. The zero-order valence-corrected chi connectivity index (χ0v) is 73.1. The van der Waals surface area contributed by atoms with Crippen molar-refractivity contribution in [2.24, 2.45) is 0 Å². The first-order valence-electron chi connectivity index (χ1n) is 44.9. The number of nitrogens with zero attached hydrogens (tertiary/aromatic N) is 7. The van der Waals surface area contributed by atoms with Crippen LogP contribution in [0.5, 0.6) is 0 Å². The zero-order valence-electron chi connectivity index (χ0n) is 71.5. The molecule has 2 heterocycles. The summed E-state index contributed by atoms with van der Waals surface area (Å²) in [6.45, 7) is 0. The Morgan fingerprint density at radius 2 is 0.564 bits per heavy atom. The van der Waals surface area contributed by atoms with Crippen molar-refractivity contribution in [2.45, 2.75) is 10.8 Å². The van der Waals surface area contributed by atoms with E-state index in [2.05, 4.69) is 345 Å². The van der Waals surface area contributed by atoms with Crippen molar-refractivity contribution in [1.29, 1.82) is 0 Å². The van der Waals surface area contributed by atoms with Crippen LogP contribution in [0.1, 0.15) is 44.5 Å². The van der Waals surface area contributed by atoms with Crippen LogP contribution in [0, 0.1) is 11.6 Å². The van der Waals surface area contributed by atoms with Gasteiger partial charge in [-0.05, 0) is 223 Å². The molecule has 8 nitrogen and oxygen atoms in total. The number of fused-ring (bicyclic) bond motifs is 22. The highest BCUT2D eigenvalue weighted by molar-refractivity contribution is 9.10. The summed E-state index contributed by atoms with van der Waals surface area (Å²) in [6.07, 6.45) is 3.80. The van der Waals surface area contributed by atoms with E-state index in [-0.39, 0.29) is 17.0 Å². The van der Waals surface area contributed by atoms with Crippen molar-refractivity contribution >= 4 is 165 Å². The minimum absolute atomic E-state index is 0.257. The summed E-state index contributed by atoms with van der Waals surface area (Å²) >= 11 is 3.75. The number of para-hydroxylation sites is 6. The van der Waals surface area contributed by atoms with Crippen LogP contribution in [0.2, 0.25) is 0 Å². The molecular formula is C122H75BrF2N8. The highest BCUT2D eigenvalue weighted by Crippen LogP contribution is 2.67. The van der Waals surface area contributed by atoms with E-state index in [9.17, 15) is 4.39 Å². The molecule has 24 aromatic rings. The van der Waals surface area contributed by atoms with Gasteiger partial charge in [0.15, 0.2) is 0 Å². The molecule has 2 spiro atoms. The molecule has 0 unspecified atom stereocenters. The number of anilines is 11. The number of halogens is 3. The van der Waals surface area contributed by atoms with Gasteiger partial charge in [-0.25, -0.2) is 28.7 Å². The van der Waals surface area contributed by atoms with Crippen LogP contribution >= 0.6 is 15.9 Å². The van der Waals surface area contributed by atoms with Crippen LogP contribution < -0.4 is 20.0 Å². The van der Waals surface area contributed by atoms with Gasteiger partial charge in [-0.15, -0.1) is 0 Å². The lowest BCUT2D eigenvalue weighted by molar-refractivity contribution is 0.629. The van der Waals surface area contributed by atoms with Crippen molar-refractivity contribution in [3.05, 3.63) is 510 Å². The van der Waals surface area contributed by atoms with Crippen molar-refractivity contribution in [2.75, 3.05) is 20.0 Å². The molecule has 0 saturated heterocycles.